The minimum atomic E-state index is 0.0555. The summed E-state index contributed by atoms with van der Waals surface area (Å²) in [5, 5.41) is 3.68. The molecule has 2 aliphatic heterocycles. The predicted molar refractivity (Wildman–Crippen MR) is 79.0 cm³/mol. The maximum absolute atomic E-state index is 11.9. The molecule has 20 heavy (non-hydrogen) atoms. The van der Waals surface area contributed by atoms with Gasteiger partial charge in [0.15, 0.2) is 5.13 Å². The smallest absolute Gasteiger partial charge is 0.226 e. The summed E-state index contributed by atoms with van der Waals surface area (Å²) in [6, 6.07) is 0. The molecule has 6 heteroatoms. The van der Waals surface area contributed by atoms with Crippen LogP contribution in [0.25, 0.3) is 0 Å². The summed E-state index contributed by atoms with van der Waals surface area (Å²) in [6.07, 6.45) is 4.81. The first-order valence-electron chi connectivity index (χ1n) is 7.29. The third-order valence-electron chi connectivity index (χ3n) is 3.89. The Kier molecular flexibility index (Phi) is 4.33. The van der Waals surface area contributed by atoms with Crippen LogP contribution in [-0.2, 0) is 22.5 Å². The molecule has 1 aromatic heterocycles. The van der Waals surface area contributed by atoms with Crippen LogP contribution in [0.15, 0.2) is 0 Å². The molecule has 5 nitrogen and oxygen atoms in total. The van der Waals surface area contributed by atoms with Gasteiger partial charge in [0.1, 0.15) is 0 Å². The maximum Gasteiger partial charge on any atom is 0.226 e. The second-order valence-corrected chi connectivity index (χ2v) is 6.68. The van der Waals surface area contributed by atoms with Gasteiger partial charge < -0.3 is 15.0 Å². The van der Waals surface area contributed by atoms with Gasteiger partial charge in [0.05, 0.1) is 11.8 Å². The van der Waals surface area contributed by atoms with Crippen molar-refractivity contribution in [1.82, 2.24) is 9.88 Å². The van der Waals surface area contributed by atoms with Crippen molar-refractivity contribution >= 4 is 22.4 Å². The van der Waals surface area contributed by atoms with Crippen LogP contribution in [0.1, 0.15) is 36.3 Å². The van der Waals surface area contributed by atoms with Crippen molar-refractivity contribution in [2.45, 2.75) is 44.8 Å². The summed E-state index contributed by atoms with van der Waals surface area (Å²) >= 11 is 1.61. The van der Waals surface area contributed by atoms with Crippen molar-refractivity contribution < 1.29 is 9.53 Å². The molecule has 1 aromatic rings. The SMILES string of the molecule is CN1CCc2nc(NC(=O)CCC3CCCO3)sc2C1. The Labute approximate surface area is 123 Å². The van der Waals surface area contributed by atoms with E-state index in [9.17, 15) is 4.79 Å². The third-order valence-corrected chi connectivity index (χ3v) is 4.88. The molecule has 0 radical (unpaired) electrons. The van der Waals surface area contributed by atoms with Gasteiger partial charge >= 0.3 is 0 Å². The van der Waals surface area contributed by atoms with Gasteiger partial charge in [-0.3, -0.25) is 4.79 Å². The number of rotatable bonds is 4. The Bertz CT molecular complexity index is 483. The molecule has 1 atom stereocenters. The monoisotopic (exact) mass is 295 g/mol. The fourth-order valence-corrected chi connectivity index (χ4v) is 3.83. The fraction of sp³-hybridized carbons (Fsp3) is 0.714. The lowest BCUT2D eigenvalue weighted by atomic mass is 10.1. The lowest BCUT2D eigenvalue weighted by Gasteiger charge is -2.20. The van der Waals surface area contributed by atoms with Crippen LogP contribution in [0, 0.1) is 0 Å². The molecule has 1 N–H and O–H groups in total. The highest BCUT2D eigenvalue weighted by atomic mass is 32.1. The minimum absolute atomic E-state index is 0.0555. The van der Waals surface area contributed by atoms with E-state index in [1.54, 1.807) is 11.3 Å². The summed E-state index contributed by atoms with van der Waals surface area (Å²) in [6.45, 7) is 2.83. The Morgan fingerprint density at radius 3 is 3.30 bits per heavy atom. The molecule has 2 aliphatic rings. The number of nitrogens with zero attached hydrogens (tertiary/aromatic N) is 2. The predicted octanol–water partition coefficient (Wildman–Crippen LogP) is 2.03. The second kappa shape index (κ2) is 6.20. The highest BCUT2D eigenvalue weighted by Gasteiger charge is 2.20. The van der Waals surface area contributed by atoms with Gasteiger partial charge in [0.25, 0.3) is 0 Å². The Morgan fingerprint density at radius 2 is 2.50 bits per heavy atom. The van der Waals surface area contributed by atoms with E-state index < -0.39 is 0 Å². The topological polar surface area (TPSA) is 54.5 Å². The summed E-state index contributed by atoms with van der Waals surface area (Å²) < 4.78 is 5.53. The van der Waals surface area contributed by atoms with E-state index >= 15 is 0 Å². The molecule has 3 rings (SSSR count). The molecule has 3 heterocycles. The van der Waals surface area contributed by atoms with E-state index in [0.717, 1.165) is 56.2 Å². The van der Waals surface area contributed by atoms with Crippen molar-refractivity contribution in [2.75, 3.05) is 25.5 Å². The summed E-state index contributed by atoms with van der Waals surface area (Å²) in [4.78, 5) is 20.0. The van der Waals surface area contributed by atoms with Crippen molar-refractivity contribution in [3.8, 4) is 0 Å². The van der Waals surface area contributed by atoms with Crippen LogP contribution in [0.3, 0.4) is 0 Å². The zero-order chi connectivity index (χ0) is 13.9. The van der Waals surface area contributed by atoms with Crippen LogP contribution in [0.5, 0.6) is 0 Å². The molecule has 1 saturated heterocycles. The fourth-order valence-electron chi connectivity index (χ4n) is 2.72. The number of fused-ring (bicyclic) bond motifs is 1. The number of anilines is 1. The van der Waals surface area contributed by atoms with Gasteiger partial charge in [-0.25, -0.2) is 4.98 Å². The molecule has 0 bridgehead atoms. The molecule has 0 aromatic carbocycles. The molecule has 0 spiro atoms. The number of likely N-dealkylation sites (N-methyl/N-ethyl adjacent to an activating group) is 1. The highest BCUT2D eigenvalue weighted by molar-refractivity contribution is 7.15. The number of thiazole rings is 1. The molecular formula is C14H21N3O2S. The average Bonchev–Trinajstić information content (AvgIpc) is 3.04. The normalized spacial score (nSPS) is 22.8. The van der Waals surface area contributed by atoms with Crippen LogP contribution >= 0.6 is 11.3 Å². The molecule has 0 saturated carbocycles. The Balaban J connectivity index is 1.51. The lowest BCUT2D eigenvalue weighted by molar-refractivity contribution is -0.116. The Hall–Kier alpha value is -0.980. The summed E-state index contributed by atoms with van der Waals surface area (Å²) in [5.74, 6) is 0.0555. The van der Waals surface area contributed by atoms with Crippen LogP contribution in [0.4, 0.5) is 5.13 Å². The minimum Gasteiger partial charge on any atom is -0.378 e. The van der Waals surface area contributed by atoms with Crippen molar-refractivity contribution in [2.24, 2.45) is 0 Å². The average molecular weight is 295 g/mol. The van der Waals surface area contributed by atoms with E-state index in [-0.39, 0.29) is 12.0 Å². The van der Waals surface area contributed by atoms with Crippen molar-refractivity contribution in [3.05, 3.63) is 10.6 Å². The zero-order valence-electron chi connectivity index (χ0n) is 11.9. The lowest BCUT2D eigenvalue weighted by Crippen LogP contribution is -2.25. The van der Waals surface area contributed by atoms with E-state index in [0.29, 0.717) is 6.42 Å². The van der Waals surface area contributed by atoms with Gasteiger partial charge in [-0.1, -0.05) is 0 Å². The number of carbonyl (C=O) groups excluding carboxylic acids is 1. The quantitative estimate of drug-likeness (QED) is 0.923. The summed E-state index contributed by atoms with van der Waals surface area (Å²) in [7, 11) is 2.11. The largest absolute Gasteiger partial charge is 0.378 e. The highest BCUT2D eigenvalue weighted by Crippen LogP contribution is 2.28. The first-order chi connectivity index (χ1) is 9.70. The van der Waals surface area contributed by atoms with Crippen molar-refractivity contribution in [3.63, 3.8) is 0 Å². The molecule has 1 fully saturated rings. The van der Waals surface area contributed by atoms with Gasteiger partial charge in [0.2, 0.25) is 5.91 Å². The van der Waals surface area contributed by atoms with Crippen LogP contribution < -0.4 is 5.32 Å². The van der Waals surface area contributed by atoms with Gasteiger partial charge in [-0.15, -0.1) is 11.3 Å². The molecular weight excluding hydrogens is 274 g/mol. The van der Waals surface area contributed by atoms with E-state index in [4.69, 9.17) is 4.74 Å². The maximum atomic E-state index is 11.9. The first kappa shape index (κ1) is 14.0. The van der Waals surface area contributed by atoms with E-state index in [1.807, 2.05) is 0 Å². The molecule has 1 amide bonds. The third kappa shape index (κ3) is 3.37. The number of hydrogen-bond acceptors (Lipinski definition) is 5. The van der Waals surface area contributed by atoms with Crippen LogP contribution in [-0.4, -0.2) is 42.1 Å². The van der Waals surface area contributed by atoms with E-state index in [2.05, 4.69) is 22.2 Å². The summed E-state index contributed by atoms with van der Waals surface area (Å²) in [5.41, 5.74) is 1.16. The van der Waals surface area contributed by atoms with Gasteiger partial charge in [0, 0.05) is 37.4 Å². The molecule has 1 unspecified atom stereocenters. The first-order valence-corrected chi connectivity index (χ1v) is 8.11. The van der Waals surface area contributed by atoms with Gasteiger partial charge in [-0.2, -0.15) is 0 Å². The second-order valence-electron chi connectivity index (χ2n) is 5.60. The molecule has 0 aliphatic carbocycles. The number of ether oxygens (including phenoxy) is 1. The standard InChI is InChI=1S/C14H21N3O2S/c1-17-7-6-11-12(9-17)20-14(15-11)16-13(18)5-4-10-3-2-8-19-10/h10H,2-9H2,1H3,(H,15,16,18). The molecule has 110 valence electrons. The number of hydrogen-bond donors (Lipinski definition) is 1. The van der Waals surface area contributed by atoms with Crippen molar-refractivity contribution in [1.29, 1.82) is 0 Å². The Morgan fingerprint density at radius 1 is 1.60 bits per heavy atom. The van der Waals surface area contributed by atoms with Crippen LogP contribution in [0.2, 0.25) is 0 Å². The van der Waals surface area contributed by atoms with Gasteiger partial charge in [-0.05, 0) is 26.3 Å². The number of nitrogens with one attached hydrogen (secondary N) is 1. The van der Waals surface area contributed by atoms with E-state index in [1.165, 1.54) is 4.88 Å². The number of carbonyl (C=O) groups is 1. The zero-order valence-corrected chi connectivity index (χ0v) is 12.7. The number of amides is 1. The number of aromatic nitrogens is 1.